The maximum absolute atomic E-state index is 10.4. The number of primary amides is 1. The van der Waals surface area contributed by atoms with Crippen LogP contribution in [0.15, 0.2) is 0 Å². The Morgan fingerprint density at radius 2 is 2.20 bits per heavy atom. The van der Waals surface area contributed by atoms with Crippen molar-refractivity contribution < 1.29 is 4.79 Å². The second-order valence-corrected chi connectivity index (χ2v) is 3.45. The molecule has 0 heterocycles. The van der Waals surface area contributed by atoms with Crippen LogP contribution in [0.25, 0.3) is 0 Å². The minimum atomic E-state index is -0.485. The molecule has 0 bridgehead atoms. The molecule has 2 atom stereocenters. The Balaban J connectivity index is 3.56. The van der Waals surface area contributed by atoms with Gasteiger partial charge in [-0.15, -0.1) is 23.2 Å². The third-order valence-corrected chi connectivity index (χ3v) is 2.30. The Morgan fingerprint density at radius 3 is 2.50 bits per heavy atom. The number of carbonyl (C=O) groups is 1. The predicted octanol–water partition coefficient (Wildman–Crippen LogP) is 1.01. The third-order valence-electron chi connectivity index (χ3n) is 0.975. The van der Waals surface area contributed by atoms with Gasteiger partial charge in [-0.3, -0.25) is 4.79 Å². The molecule has 0 aromatic heterocycles. The highest BCUT2D eigenvalue weighted by atomic mass is 35.5. The summed E-state index contributed by atoms with van der Waals surface area (Å²) >= 11 is 14.9. The molecule has 2 nitrogen and oxygen atoms in total. The summed E-state index contributed by atoms with van der Waals surface area (Å²) in [4.78, 5) is 10.4. The molecule has 0 spiro atoms. The molecule has 0 aliphatic rings. The lowest BCUT2D eigenvalue weighted by atomic mass is 10.2. The minimum absolute atomic E-state index is 0.225. The fourth-order valence-electron chi connectivity index (χ4n) is 0.421. The number of carbonyl (C=O) groups excluding carboxylic acids is 1. The second kappa shape index (κ2) is 5.10. The lowest BCUT2D eigenvalue weighted by molar-refractivity contribution is -0.117. The zero-order valence-corrected chi connectivity index (χ0v) is 7.66. The third kappa shape index (κ3) is 4.25. The Kier molecular flexibility index (Phi) is 5.31. The van der Waals surface area contributed by atoms with E-state index in [1.807, 2.05) is 0 Å². The predicted molar refractivity (Wildman–Crippen MR) is 46.9 cm³/mol. The van der Waals surface area contributed by atoms with E-state index in [9.17, 15) is 4.79 Å². The topological polar surface area (TPSA) is 43.1 Å². The highest BCUT2D eigenvalue weighted by molar-refractivity contribution is 7.81. The zero-order valence-electron chi connectivity index (χ0n) is 5.26. The first-order valence-corrected chi connectivity index (χ1v) is 4.24. The van der Waals surface area contributed by atoms with E-state index in [1.165, 1.54) is 0 Å². The van der Waals surface area contributed by atoms with Crippen LogP contribution >= 0.6 is 35.8 Å². The number of rotatable bonds is 4. The average molecular weight is 202 g/mol. The second-order valence-electron chi connectivity index (χ2n) is 1.91. The van der Waals surface area contributed by atoms with E-state index < -0.39 is 11.2 Å². The largest absolute Gasteiger partial charge is 0.369 e. The van der Waals surface area contributed by atoms with Crippen molar-refractivity contribution in [1.29, 1.82) is 0 Å². The molecule has 0 saturated heterocycles. The van der Waals surface area contributed by atoms with Crippen LogP contribution in [0.3, 0.4) is 0 Å². The van der Waals surface area contributed by atoms with E-state index >= 15 is 0 Å². The number of thiol groups is 1. The number of hydrogen-bond donors (Lipinski definition) is 2. The quantitative estimate of drug-likeness (QED) is 0.518. The Hall–Kier alpha value is 0.400. The van der Waals surface area contributed by atoms with E-state index in [2.05, 4.69) is 12.6 Å². The monoisotopic (exact) mass is 201 g/mol. The zero-order chi connectivity index (χ0) is 8.15. The highest BCUT2D eigenvalue weighted by Crippen LogP contribution is 2.11. The number of amides is 1. The summed E-state index contributed by atoms with van der Waals surface area (Å²) in [5.74, 6) is -0.148. The van der Waals surface area contributed by atoms with Crippen molar-refractivity contribution in [2.24, 2.45) is 5.73 Å². The first-order chi connectivity index (χ1) is 4.57. The summed E-state index contributed by atoms with van der Waals surface area (Å²) < 4.78 is 0. The molecule has 10 heavy (non-hydrogen) atoms. The lowest BCUT2D eigenvalue weighted by Gasteiger charge is -2.08. The van der Waals surface area contributed by atoms with Crippen LogP contribution in [-0.2, 0) is 4.79 Å². The Bertz CT molecular complexity index is 122. The van der Waals surface area contributed by atoms with Gasteiger partial charge in [0, 0.05) is 11.3 Å². The van der Waals surface area contributed by atoms with Gasteiger partial charge in [0.2, 0.25) is 5.91 Å². The Morgan fingerprint density at radius 1 is 1.70 bits per heavy atom. The van der Waals surface area contributed by atoms with Crippen molar-refractivity contribution in [3.05, 3.63) is 0 Å². The van der Waals surface area contributed by atoms with E-state index in [4.69, 9.17) is 28.9 Å². The SMILES string of the molecule is NC(=O)C(S)CC(Cl)CCl. The maximum Gasteiger partial charge on any atom is 0.230 e. The van der Waals surface area contributed by atoms with Gasteiger partial charge < -0.3 is 5.73 Å². The van der Waals surface area contributed by atoms with E-state index in [-0.39, 0.29) is 5.38 Å². The molecule has 2 unspecified atom stereocenters. The van der Waals surface area contributed by atoms with E-state index in [0.29, 0.717) is 12.3 Å². The van der Waals surface area contributed by atoms with Crippen molar-refractivity contribution in [1.82, 2.24) is 0 Å². The molecule has 0 radical (unpaired) electrons. The average Bonchev–Trinajstić information content (AvgIpc) is 1.87. The van der Waals surface area contributed by atoms with Crippen molar-refractivity contribution in [2.75, 3.05) is 5.88 Å². The van der Waals surface area contributed by atoms with Crippen LogP contribution in [0.1, 0.15) is 6.42 Å². The fraction of sp³-hybridized carbons (Fsp3) is 0.800. The molecule has 0 aliphatic heterocycles. The summed E-state index contributed by atoms with van der Waals surface area (Å²) in [6.07, 6.45) is 0.420. The number of nitrogens with two attached hydrogens (primary N) is 1. The van der Waals surface area contributed by atoms with Crippen molar-refractivity contribution in [2.45, 2.75) is 17.0 Å². The molecule has 0 saturated carbocycles. The van der Waals surface area contributed by atoms with Gasteiger partial charge in [-0.2, -0.15) is 12.6 Å². The molecule has 0 aliphatic carbocycles. The molecule has 5 heteroatoms. The van der Waals surface area contributed by atoms with Crippen LogP contribution < -0.4 is 5.73 Å². The summed E-state index contributed by atoms with van der Waals surface area (Å²) in [6.45, 7) is 0. The van der Waals surface area contributed by atoms with Crippen LogP contribution in [0.4, 0.5) is 0 Å². The van der Waals surface area contributed by atoms with Gasteiger partial charge in [0.05, 0.1) is 5.25 Å². The van der Waals surface area contributed by atoms with E-state index in [1.54, 1.807) is 0 Å². The lowest BCUT2D eigenvalue weighted by Crippen LogP contribution is -2.26. The first-order valence-electron chi connectivity index (χ1n) is 2.75. The summed E-state index contributed by atoms with van der Waals surface area (Å²) in [7, 11) is 0. The van der Waals surface area contributed by atoms with Gasteiger partial charge in [-0.25, -0.2) is 0 Å². The van der Waals surface area contributed by atoms with E-state index in [0.717, 1.165) is 0 Å². The molecular formula is C5H9Cl2NOS. The molecule has 2 N–H and O–H groups in total. The fourth-order valence-corrected chi connectivity index (χ4v) is 1.10. The van der Waals surface area contributed by atoms with Crippen LogP contribution in [0, 0.1) is 0 Å². The number of alkyl halides is 2. The molecule has 0 aromatic carbocycles. The smallest absolute Gasteiger partial charge is 0.230 e. The maximum atomic E-state index is 10.4. The van der Waals surface area contributed by atoms with Crippen molar-refractivity contribution in [3.63, 3.8) is 0 Å². The standard InChI is InChI=1S/C5H9Cl2NOS/c6-2-3(7)1-4(10)5(8)9/h3-4,10H,1-2H2,(H2,8,9). The van der Waals surface area contributed by atoms with Crippen LogP contribution in [0.5, 0.6) is 0 Å². The Labute approximate surface area is 75.5 Å². The number of hydrogen-bond acceptors (Lipinski definition) is 2. The summed E-state index contributed by atoms with van der Waals surface area (Å²) in [6, 6.07) is 0. The molecule has 60 valence electrons. The van der Waals surface area contributed by atoms with Crippen molar-refractivity contribution >= 4 is 41.7 Å². The first kappa shape index (κ1) is 10.4. The normalized spacial score (nSPS) is 16.3. The highest BCUT2D eigenvalue weighted by Gasteiger charge is 2.14. The van der Waals surface area contributed by atoms with Gasteiger partial charge in [0.25, 0.3) is 0 Å². The summed E-state index contributed by atoms with van der Waals surface area (Å²) in [5, 5.41) is -0.710. The minimum Gasteiger partial charge on any atom is -0.369 e. The molecule has 0 aromatic rings. The summed E-state index contributed by atoms with van der Waals surface area (Å²) in [5.41, 5.74) is 4.92. The van der Waals surface area contributed by atoms with Crippen molar-refractivity contribution in [3.8, 4) is 0 Å². The molecule has 0 fully saturated rings. The van der Waals surface area contributed by atoms with Gasteiger partial charge in [0.1, 0.15) is 0 Å². The van der Waals surface area contributed by atoms with Gasteiger partial charge >= 0.3 is 0 Å². The molecule has 1 amide bonds. The van der Waals surface area contributed by atoms with Gasteiger partial charge in [-0.1, -0.05) is 0 Å². The van der Waals surface area contributed by atoms with Crippen LogP contribution in [0.2, 0.25) is 0 Å². The van der Waals surface area contributed by atoms with Crippen LogP contribution in [-0.4, -0.2) is 22.4 Å². The van der Waals surface area contributed by atoms with Gasteiger partial charge in [-0.05, 0) is 6.42 Å². The molecular weight excluding hydrogens is 193 g/mol. The van der Waals surface area contributed by atoms with Gasteiger partial charge in [0.15, 0.2) is 0 Å². The number of halogens is 2. The molecule has 0 rings (SSSR count).